The lowest BCUT2D eigenvalue weighted by atomic mass is 9.98. The van der Waals surface area contributed by atoms with E-state index in [0.717, 1.165) is 17.0 Å². The van der Waals surface area contributed by atoms with Crippen molar-refractivity contribution in [3.63, 3.8) is 0 Å². The summed E-state index contributed by atoms with van der Waals surface area (Å²) < 4.78 is 19.6. The first-order valence-corrected chi connectivity index (χ1v) is 11.1. The highest BCUT2D eigenvalue weighted by molar-refractivity contribution is 7.15. The number of aryl methyl sites for hydroxylation is 1. The van der Waals surface area contributed by atoms with Crippen LogP contribution in [0.1, 0.15) is 52.1 Å². The van der Waals surface area contributed by atoms with Gasteiger partial charge in [0.15, 0.2) is 5.43 Å². The molecule has 5 rings (SSSR count). The highest BCUT2D eigenvalue weighted by atomic mass is 32.1. The minimum absolute atomic E-state index is 0.0127. The second-order valence-electron chi connectivity index (χ2n) is 8.38. The maximum Gasteiger partial charge on any atom is 0.297 e. The van der Waals surface area contributed by atoms with Gasteiger partial charge < -0.3 is 4.42 Å². The van der Waals surface area contributed by atoms with Gasteiger partial charge >= 0.3 is 0 Å². The molecule has 2 aromatic heterocycles. The summed E-state index contributed by atoms with van der Waals surface area (Å²) in [6, 6.07) is 10.3. The Morgan fingerprint density at radius 3 is 2.59 bits per heavy atom. The van der Waals surface area contributed by atoms with Crippen LogP contribution in [0, 0.1) is 18.7 Å². The molecule has 0 radical (unpaired) electrons. The van der Waals surface area contributed by atoms with Gasteiger partial charge in [0.25, 0.3) is 5.91 Å². The molecule has 1 aliphatic rings. The number of rotatable bonds is 4. The fraction of sp³-hybridized carbons (Fsp3) is 0.250. The molecule has 32 heavy (non-hydrogen) atoms. The largest absolute Gasteiger partial charge is 0.450 e. The molecule has 162 valence electrons. The summed E-state index contributed by atoms with van der Waals surface area (Å²) in [5.41, 5.74) is 1.82. The Bertz CT molecular complexity index is 1410. The Morgan fingerprint density at radius 1 is 1.12 bits per heavy atom. The average Bonchev–Trinajstić information content (AvgIpc) is 3.31. The van der Waals surface area contributed by atoms with Crippen molar-refractivity contribution in [3.05, 3.63) is 86.0 Å². The molecule has 0 fully saturated rings. The number of hydrogen-bond donors (Lipinski definition) is 0. The molecule has 2 aromatic carbocycles. The van der Waals surface area contributed by atoms with E-state index in [9.17, 15) is 14.0 Å². The van der Waals surface area contributed by atoms with Crippen molar-refractivity contribution >= 4 is 33.3 Å². The molecule has 6 nitrogen and oxygen atoms in total. The number of anilines is 1. The number of aromatic nitrogens is 2. The van der Waals surface area contributed by atoms with Crippen LogP contribution >= 0.6 is 11.3 Å². The number of carbonyl (C=O) groups is 1. The highest BCUT2D eigenvalue weighted by Gasteiger charge is 2.45. The Hall–Kier alpha value is -3.39. The predicted octanol–water partition coefficient (Wildman–Crippen LogP) is 5.04. The molecule has 0 bridgehead atoms. The Kier molecular flexibility index (Phi) is 4.89. The van der Waals surface area contributed by atoms with Gasteiger partial charge in [0, 0.05) is 6.42 Å². The van der Waals surface area contributed by atoms with Crippen LogP contribution in [-0.2, 0) is 6.42 Å². The van der Waals surface area contributed by atoms with E-state index in [1.807, 2.05) is 13.0 Å². The topological polar surface area (TPSA) is 76.3 Å². The Labute approximate surface area is 187 Å². The molecule has 0 saturated carbocycles. The van der Waals surface area contributed by atoms with Gasteiger partial charge in [-0.15, -0.1) is 10.2 Å². The zero-order chi connectivity index (χ0) is 22.6. The summed E-state index contributed by atoms with van der Waals surface area (Å²) in [5, 5.41) is 10.1. The first-order valence-electron chi connectivity index (χ1n) is 10.3. The van der Waals surface area contributed by atoms with E-state index in [2.05, 4.69) is 24.0 Å². The number of hydrogen-bond acceptors (Lipinski definition) is 6. The van der Waals surface area contributed by atoms with Crippen molar-refractivity contribution in [2.75, 3.05) is 4.90 Å². The van der Waals surface area contributed by atoms with Crippen molar-refractivity contribution in [3.8, 4) is 0 Å². The molecule has 1 amide bonds. The summed E-state index contributed by atoms with van der Waals surface area (Å²) in [7, 11) is 0. The summed E-state index contributed by atoms with van der Waals surface area (Å²) in [5.74, 6) is -0.490. The van der Waals surface area contributed by atoms with E-state index < -0.39 is 17.8 Å². The lowest BCUT2D eigenvalue weighted by Crippen LogP contribution is -2.29. The van der Waals surface area contributed by atoms with Crippen LogP contribution in [0.5, 0.6) is 0 Å². The monoisotopic (exact) mass is 449 g/mol. The highest BCUT2D eigenvalue weighted by Crippen LogP contribution is 2.42. The number of nitrogens with zero attached hydrogens (tertiary/aromatic N) is 3. The Balaban J connectivity index is 1.74. The summed E-state index contributed by atoms with van der Waals surface area (Å²) in [4.78, 5) is 28.5. The lowest BCUT2D eigenvalue weighted by molar-refractivity contribution is 0.0970. The van der Waals surface area contributed by atoms with Gasteiger partial charge in [-0.3, -0.25) is 14.5 Å². The predicted molar refractivity (Wildman–Crippen MR) is 121 cm³/mol. The third kappa shape index (κ3) is 3.31. The average molecular weight is 450 g/mol. The number of benzene rings is 2. The molecule has 1 atom stereocenters. The number of amides is 1. The maximum atomic E-state index is 13.6. The minimum Gasteiger partial charge on any atom is -0.450 e. The molecular weight excluding hydrogens is 429 g/mol. The quantitative estimate of drug-likeness (QED) is 0.436. The normalized spacial score (nSPS) is 15.7. The van der Waals surface area contributed by atoms with E-state index in [1.165, 1.54) is 28.4 Å². The zero-order valence-corrected chi connectivity index (χ0v) is 18.6. The van der Waals surface area contributed by atoms with Crippen molar-refractivity contribution in [2.24, 2.45) is 5.92 Å². The van der Waals surface area contributed by atoms with Crippen LogP contribution in [-0.4, -0.2) is 16.1 Å². The van der Waals surface area contributed by atoms with Crippen LogP contribution in [0.25, 0.3) is 11.0 Å². The number of halogens is 1. The van der Waals surface area contributed by atoms with Gasteiger partial charge in [-0.1, -0.05) is 48.9 Å². The number of fused-ring (bicyclic) bond motifs is 2. The molecule has 1 unspecified atom stereocenters. The second kappa shape index (κ2) is 7.63. The molecule has 1 aliphatic heterocycles. The molecule has 3 heterocycles. The standard InChI is InChI=1S/C24H20FN3O3S/c1-12(2)10-18-26-27-24(32-18)28-20(14-5-7-15(25)8-6-14)19-21(29)16-11-13(3)4-9-17(16)31-22(19)23(28)30/h4-9,11-12,20H,10H2,1-3H3. The van der Waals surface area contributed by atoms with Crippen molar-refractivity contribution in [1.29, 1.82) is 0 Å². The van der Waals surface area contributed by atoms with Gasteiger partial charge in [0.05, 0.1) is 17.0 Å². The van der Waals surface area contributed by atoms with Crippen LogP contribution in [0.2, 0.25) is 0 Å². The molecule has 0 N–H and O–H groups in total. The minimum atomic E-state index is -0.779. The maximum absolute atomic E-state index is 13.6. The summed E-state index contributed by atoms with van der Waals surface area (Å²) in [6.07, 6.45) is 0.730. The van der Waals surface area contributed by atoms with Gasteiger partial charge in [-0.25, -0.2) is 4.39 Å². The molecule has 0 spiro atoms. The molecular formula is C24H20FN3O3S. The van der Waals surface area contributed by atoms with E-state index in [4.69, 9.17) is 4.42 Å². The van der Waals surface area contributed by atoms with Crippen LogP contribution in [0.15, 0.2) is 51.7 Å². The lowest BCUT2D eigenvalue weighted by Gasteiger charge is -2.22. The van der Waals surface area contributed by atoms with Gasteiger partial charge in [0.2, 0.25) is 10.9 Å². The molecule has 0 aliphatic carbocycles. The van der Waals surface area contributed by atoms with E-state index >= 15 is 0 Å². The van der Waals surface area contributed by atoms with Crippen molar-refractivity contribution in [1.82, 2.24) is 10.2 Å². The zero-order valence-electron chi connectivity index (χ0n) is 17.8. The third-order valence-corrected chi connectivity index (χ3v) is 6.40. The van der Waals surface area contributed by atoms with Crippen molar-refractivity contribution in [2.45, 2.75) is 33.2 Å². The van der Waals surface area contributed by atoms with Crippen LogP contribution < -0.4 is 10.3 Å². The first kappa shape index (κ1) is 20.5. The SMILES string of the molecule is Cc1ccc2oc3c(c(=O)c2c1)C(c1ccc(F)cc1)N(c1nnc(CC(C)C)s1)C3=O. The van der Waals surface area contributed by atoms with Gasteiger partial charge in [-0.05, 0) is 42.7 Å². The fourth-order valence-electron chi connectivity index (χ4n) is 4.02. The van der Waals surface area contributed by atoms with E-state index in [-0.39, 0.29) is 16.8 Å². The van der Waals surface area contributed by atoms with Gasteiger partial charge in [0.1, 0.15) is 16.4 Å². The number of carbonyl (C=O) groups excluding carboxylic acids is 1. The Morgan fingerprint density at radius 2 is 1.88 bits per heavy atom. The van der Waals surface area contributed by atoms with E-state index in [1.54, 1.807) is 24.3 Å². The third-order valence-electron chi connectivity index (χ3n) is 5.46. The van der Waals surface area contributed by atoms with E-state index in [0.29, 0.717) is 27.6 Å². The molecule has 0 saturated heterocycles. The molecule has 4 aromatic rings. The second-order valence-corrected chi connectivity index (χ2v) is 9.42. The smallest absolute Gasteiger partial charge is 0.297 e. The van der Waals surface area contributed by atoms with Gasteiger partial charge in [-0.2, -0.15) is 0 Å². The first-order chi connectivity index (χ1) is 15.3. The summed E-state index contributed by atoms with van der Waals surface area (Å²) in [6.45, 7) is 6.04. The fourth-order valence-corrected chi connectivity index (χ4v) is 5.10. The summed E-state index contributed by atoms with van der Waals surface area (Å²) >= 11 is 1.31. The molecule has 8 heteroatoms. The van der Waals surface area contributed by atoms with Crippen LogP contribution in [0.3, 0.4) is 0 Å². The van der Waals surface area contributed by atoms with Crippen LogP contribution in [0.4, 0.5) is 9.52 Å². The van der Waals surface area contributed by atoms with Crippen molar-refractivity contribution < 1.29 is 13.6 Å².